The monoisotopic (exact) mass is 2050 g/mol. The van der Waals surface area contributed by atoms with Crippen molar-refractivity contribution in [3.05, 3.63) is 345 Å². The summed E-state index contributed by atoms with van der Waals surface area (Å²) in [5.41, 5.74) is 15.5. The predicted octanol–water partition coefficient (Wildman–Crippen LogP) is 20.1. The van der Waals surface area contributed by atoms with E-state index < -0.39 is 40.8 Å². The second-order valence-electron chi connectivity index (χ2n) is 34.0. The van der Waals surface area contributed by atoms with Gasteiger partial charge in [-0.2, -0.15) is 51.3 Å². The van der Waals surface area contributed by atoms with Crippen LogP contribution in [0.15, 0.2) is 286 Å². The van der Waals surface area contributed by atoms with E-state index in [2.05, 4.69) is 50.9 Å². The Morgan fingerprint density at radius 2 is 0.725 bits per heavy atom. The summed E-state index contributed by atoms with van der Waals surface area (Å²) in [6.45, 7) is 8.91. The van der Waals surface area contributed by atoms with Crippen molar-refractivity contribution < 1.29 is 52.8 Å². The topological polar surface area (TPSA) is 365 Å². The van der Waals surface area contributed by atoms with Gasteiger partial charge in [0, 0.05) is 199 Å². The lowest BCUT2D eigenvalue weighted by Gasteiger charge is -2.34. The number of hydrogen-bond acceptors (Lipinski definition) is 18. The lowest BCUT2D eigenvalue weighted by Crippen LogP contribution is -2.48. The minimum atomic E-state index is -3.56. The molecular formula is C104H94Cl4N18O12S4. The summed E-state index contributed by atoms with van der Waals surface area (Å²) in [4.78, 5) is 79.1. The number of carbonyl (C=O) groups is 4. The minimum absolute atomic E-state index is 0.294. The molecule has 6 aromatic heterocycles. The Morgan fingerprint density at radius 1 is 0.331 bits per heavy atom. The summed E-state index contributed by atoms with van der Waals surface area (Å²) >= 11 is 26.0. The maximum Gasteiger partial charge on any atom is 0.303 e. The molecule has 4 saturated heterocycles. The Balaban J connectivity index is 0.000000130. The smallest absolute Gasteiger partial charge is 0.303 e. The van der Waals surface area contributed by atoms with Gasteiger partial charge in [0.05, 0.1) is 76.6 Å². The van der Waals surface area contributed by atoms with E-state index in [1.807, 2.05) is 103 Å². The molecule has 16 aromatic rings. The van der Waals surface area contributed by atoms with Crippen LogP contribution in [0.5, 0.6) is 0 Å². The van der Waals surface area contributed by atoms with E-state index in [-0.39, 0.29) is 23.6 Å². The van der Waals surface area contributed by atoms with Crippen LogP contribution in [0, 0.1) is 20.8 Å². The number of pyridine rings is 6. The Hall–Kier alpha value is -14.0. The predicted molar refractivity (Wildman–Crippen MR) is 566 cm³/mol. The maximum absolute atomic E-state index is 13.1. The van der Waals surface area contributed by atoms with Gasteiger partial charge in [-0.1, -0.05) is 94.9 Å². The van der Waals surface area contributed by atoms with Gasteiger partial charge >= 0.3 is 40.8 Å². The number of hydrogen-bond donors (Lipinski definition) is 5. The number of para-hydroxylation sites is 1. The highest BCUT2D eigenvalue weighted by atomic mass is 35.5. The molecule has 0 atom stereocenters. The van der Waals surface area contributed by atoms with E-state index in [0.29, 0.717) is 197 Å². The first-order valence-electron chi connectivity index (χ1n) is 45.1. The molecule has 4 fully saturated rings. The van der Waals surface area contributed by atoms with Crippen molar-refractivity contribution in [2.24, 2.45) is 0 Å². The van der Waals surface area contributed by atoms with Gasteiger partial charge in [-0.25, -0.2) is 4.98 Å². The third kappa shape index (κ3) is 21.6. The van der Waals surface area contributed by atoms with Gasteiger partial charge in [-0.15, -0.1) is 0 Å². The summed E-state index contributed by atoms with van der Waals surface area (Å²) in [6.07, 6.45) is 13.2. The number of carbonyl (C=O) groups excluding carboxylic acids is 4. The maximum atomic E-state index is 13.1. The molecule has 20 rings (SSSR count). The fraction of sp³-hybridized carbons (Fsp3) is 0.173. The molecule has 0 spiro atoms. The number of anilines is 8. The first-order chi connectivity index (χ1) is 68.2. The molecule has 4 amide bonds. The number of nitrogens with zero attached hydrogens (tertiary/aromatic N) is 13. The van der Waals surface area contributed by atoms with Crippen LogP contribution >= 0.6 is 46.4 Å². The fourth-order valence-electron chi connectivity index (χ4n) is 17.1. The number of nitrogens with one attached hydrogen (secondary N) is 5. The van der Waals surface area contributed by atoms with Gasteiger partial charge in [-0.05, 0) is 274 Å². The zero-order valence-corrected chi connectivity index (χ0v) is 83.8. The summed E-state index contributed by atoms with van der Waals surface area (Å²) in [6, 6.07) is 73.6. The van der Waals surface area contributed by atoms with Crippen LogP contribution in [0.2, 0.25) is 20.1 Å². The van der Waals surface area contributed by atoms with Crippen LogP contribution in [-0.2, 0) is 40.8 Å². The van der Waals surface area contributed by atoms with Crippen LogP contribution in [-0.4, -0.2) is 174 Å². The highest BCUT2D eigenvalue weighted by molar-refractivity contribution is 7.91. The van der Waals surface area contributed by atoms with Gasteiger partial charge in [-0.3, -0.25) is 61.3 Å². The van der Waals surface area contributed by atoms with Gasteiger partial charge in [0.2, 0.25) is 0 Å². The molecule has 30 nitrogen and oxygen atoms in total. The van der Waals surface area contributed by atoms with Crippen molar-refractivity contribution in [1.29, 1.82) is 0 Å². The molecular weight excluding hydrogens is 1960 g/mol. The number of aromatic nitrogens is 6. The molecule has 0 bridgehead atoms. The highest BCUT2D eigenvalue weighted by Gasteiger charge is 2.36. The summed E-state index contributed by atoms with van der Waals surface area (Å²) in [7, 11) is -9.51. The van der Waals surface area contributed by atoms with Crippen molar-refractivity contribution >= 4 is 200 Å². The number of rotatable bonds is 16. The minimum Gasteiger partial charge on any atom is -0.322 e. The molecule has 0 radical (unpaired) electrons. The molecule has 0 aliphatic carbocycles. The molecule has 38 heteroatoms. The zero-order chi connectivity index (χ0) is 100. The molecule has 724 valence electrons. The second-order valence-corrected chi connectivity index (χ2v) is 43.2. The normalized spacial score (nSPS) is 15.6. The SMILES string of the molecule is Cc1cc(N2CCCN(C)S2(=O)=O)ccc1C(=O)Nc1ccc(Cl)c(-c2ccc3ccccc3n2)c1.Cc1cc(N2CCCN(C)S2(=O)=O)ccc1C(=O)Nc1ccc(Cl)c(-c2nccc3ccccc23)c1.Cc1cc(N2CCCN(C)S2(=O)=O)ccc1C(=O)Nc1ccc(Cl)c(-c2nccc3ncccc23)c1.O=C(Nc1ccc(Cl)c(-c2nccc3ccncc23)c1)c1ccc(N2CCCNS2(=O)=O)cc1. The number of fused-ring (bicyclic) bond motifs is 4. The van der Waals surface area contributed by atoms with E-state index in [1.165, 1.54) is 30.1 Å². The highest BCUT2D eigenvalue weighted by Crippen LogP contribution is 2.41. The Bertz CT molecular complexity index is 7890. The van der Waals surface area contributed by atoms with Crippen molar-refractivity contribution in [3.8, 4) is 45.0 Å². The number of amides is 4. The average molecular weight is 2060 g/mol. The van der Waals surface area contributed by atoms with Gasteiger partial charge in [0.1, 0.15) is 0 Å². The Kier molecular flexibility index (Phi) is 29.8. The number of aryl methyl sites for hydroxylation is 3. The van der Waals surface area contributed by atoms with Crippen LogP contribution in [0.25, 0.3) is 88.4 Å². The van der Waals surface area contributed by atoms with E-state index in [1.54, 1.807) is 225 Å². The number of halogens is 4. The molecule has 0 unspecified atom stereocenters. The largest absolute Gasteiger partial charge is 0.322 e. The molecule has 10 aromatic carbocycles. The van der Waals surface area contributed by atoms with E-state index in [9.17, 15) is 52.8 Å². The quantitative estimate of drug-likeness (QED) is 0.0600. The molecule has 0 saturated carbocycles. The van der Waals surface area contributed by atoms with E-state index in [4.69, 9.17) is 51.4 Å². The van der Waals surface area contributed by atoms with Crippen LogP contribution in [0.3, 0.4) is 0 Å². The fourth-order valence-corrected chi connectivity index (χ4v) is 23.6. The molecule has 4 aliphatic rings. The van der Waals surface area contributed by atoms with E-state index in [0.717, 1.165) is 73.9 Å². The molecule has 4 aliphatic heterocycles. The first kappa shape index (κ1) is 99.6. The third-order valence-electron chi connectivity index (χ3n) is 24.6. The first-order valence-corrected chi connectivity index (χ1v) is 52.3. The van der Waals surface area contributed by atoms with Crippen LogP contribution in [0.4, 0.5) is 45.5 Å². The number of benzene rings is 10. The van der Waals surface area contributed by atoms with Crippen LogP contribution < -0.4 is 43.2 Å². The Labute approximate surface area is 842 Å². The van der Waals surface area contributed by atoms with Crippen molar-refractivity contribution in [2.75, 3.05) is 112 Å². The van der Waals surface area contributed by atoms with Gasteiger partial charge in [0.25, 0.3) is 23.6 Å². The van der Waals surface area contributed by atoms with Gasteiger partial charge in [0.15, 0.2) is 0 Å². The standard InChI is InChI=1S/2C27H25ClN4O3S.C26H24ClN5O3S.C24H20ClN5O3S/c1-18-16-21(32-15-5-14-31(2)36(32,34)35)10-11-22(18)27(33)29-20-9-12-24(28)23(17-20)26-13-8-19-6-3-4-7-25(19)30-26;1-18-16-21(32-15-5-14-31(2)36(32,34)35)9-10-22(18)27(33)30-20-8-11-25(28)24(17-20)26-23-7-4-3-6-19(23)12-13-29-26;1-17-15-19(32-14-4-13-31(2)36(32,34)35)7-8-20(17)26(33)30-18-6-9-23(27)22(16-18)25-21-5-3-11-28-24(21)10-12-29-25;25-22-7-4-18(14-20(22)23-21-15-26-11-8-16(21)9-12-27-23)29-24(31)17-2-5-19(6-3-17)30-13-1-10-28-34(30,32)33/h3-4,6-13,16-17H,5,14-15H2,1-2H3,(H,29,33);3-4,6-13,16-17H,5,14-15H2,1-2H3,(H,30,33);3,5-12,15-16H,4,13-14H2,1-2H3,(H,30,33);2-9,11-12,14-15,28H,1,10,13H2,(H,29,31). The summed E-state index contributed by atoms with van der Waals surface area (Å²) < 4.78 is 113. The van der Waals surface area contributed by atoms with Crippen molar-refractivity contribution in [2.45, 2.75) is 46.5 Å². The molecule has 142 heavy (non-hydrogen) atoms. The van der Waals surface area contributed by atoms with Gasteiger partial charge < -0.3 is 21.3 Å². The van der Waals surface area contributed by atoms with Crippen molar-refractivity contribution in [1.82, 2.24) is 47.5 Å². The molecule has 10 heterocycles. The Morgan fingerprint density at radius 3 is 1.20 bits per heavy atom. The van der Waals surface area contributed by atoms with Crippen LogP contribution in [0.1, 0.15) is 83.8 Å². The van der Waals surface area contributed by atoms with Crippen molar-refractivity contribution in [3.63, 3.8) is 0 Å². The summed E-state index contributed by atoms with van der Waals surface area (Å²) in [5.74, 6) is -1.22. The van der Waals surface area contributed by atoms with E-state index >= 15 is 0 Å². The lowest BCUT2D eigenvalue weighted by atomic mass is 10.0. The average Bonchev–Trinajstić information content (AvgIpc) is 0.787. The zero-order valence-electron chi connectivity index (χ0n) is 77.5. The lowest BCUT2D eigenvalue weighted by molar-refractivity contribution is 0.101. The third-order valence-corrected chi connectivity index (χ3v) is 33.2. The summed E-state index contributed by atoms with van der Waals surface area (Å²) in [5, 5.41) is 19.5. The molecule has 5 N–H and O–H groups in total. The second kappa shape index (κ2) is 42.4.